The molecule has 0 saturated heterocycles. The topological polar surface area (TPSA) is 60.1 Å². The molecule has 2 rings (SSSR count). The molecule has 1 aromatic carbocycles. The molecule has 4 heteroatoms. The zero-order valence-corrected chi connectivity index (χ0v) is 10.7. The first-order valence-corrected chi connectivity index (χ1v) is 5.98. The zero-order chi connectivity index (χ0) is 13.7. The second-order valence-electron chi connectivity index (χ2n) is 4.33. The Bertz CT molecular complexity index is 590. The van der Waals surface area contributed by atoms with Crippen molar-refractivity contribution in [1.29, 1.82) is 5.26 Å². The Labute approximate surface area is 112 Å². The molecule has 0 bridgehead atoms. The van der Waals surface area contributed by atoms with Crippen LogP contribution in [0.25, 0.3) is 0 Å². The summed E-state index contributed by atoms with van der Waals surface area (Å²) in [4.78, 5) is 5.99. The minimum Gasteiger partial charge on any atom is -0.392 e. The van der Waals surface area contributed by atoms with Crippen LogP contribution in [0, 0.1) is 11.3 Å². The molecule has 0 amide bonds. The summed E-state index contributed by atoms with van der Waals surface area (Å²) in [5.41, 5.74) is 3.31. The van der Waals surface area contributed by atoms with E-state index in [1.54, 1.807) is 18.5 Å². The number of nitriles is 1. The van der Waals surface area contributed by atoms with Crippen LogP contribution in [-0.2, 0) is 13.2 Å². The lowest BCUT2D eigenvalue weighted by molar-refractivity contribution is 0.282. The van der Waals surface area contributed by atoms with Crippen LogP contribution in [0.4, 0.5) is 5.69 Å². The molecule has 0 radical (unpaired) electrons. The SMILES string of the molecule is CN(Cc1ccncc1)c1ccc(CO)cc1C#N. The van der Waals surface area contributed by atoms with Gasteiger partial charge in [-0.25, -0.2) is 0 Å². The van der Waals surface area contributed by atoms with Crippen molar-refractivity contribution in [2.24, 2.45) is 0 Å². The van der Waals surface area contributed by atoms with E-state index in [1.165, 1.54) is 0 Å². The minimum absolute atomic E-state index is 0.0526. The van der Waals surface area contributed by atoms with Gasteiger partial charge in [0.15, 0.2) is 0 Å². The molecule has 1 N–H and O–H groups in total. The number of nitrogens with zero attached hydrogens (tertiary/aromatic N) is 3. The Balaban J connectivity index is 2.24. The van der Waals surface area contributed by atoms with Gasteiger partial charge in [-0.2, -0.15) is 5.26 Å². The summed E-state index contributed by atoms with van der Waals surface area (Å²) in [6, 6.07) is 11.5. The molecule has 2 aromatic rings. The molecule has 0 spiro atoms. The zero-order valence-electron chi connectivity index (χ0n) is 10.7. The molecule has 0 atom stereocenters. The molecule has 1 heterocycles. The average molecular weight is 253 g/mol. The standard InChI is InChI=1S/C15H15N3O/c1-18(10-12-4-6-17-7-5-12)15-3-2-13(11-19)8-14(15)9-16/h2-8,19H,10-11H2,1H3. The summed E-state index contributed by atoms with van der Waals surface area (Å²) in [6.07, 6.45) is 3.51. The van der Waals surface area contributed by atoms with Crippen molar-refractivity contribution in [3.63, 3.8) is 0 Å². The fourth-order valence-electron chi connectivity index (χ4n) is 1.95. The Hall–Kier alpha value is -2.38. The van der Waals surface area contributed by atoms with Crippen molar-refractivity contribution in [1.82, 2.24) is 4.98 Å². The number of anilines is 1. The maximum Gasteiger partial charge on any atom is 0.101 e. The van der Waals surface area contributed by atoms with Crippen LogP contribution in [-0.4, -0.2) is 17.1 Å². The van der Waals surface area contributed by atoms with Gasteiger partial charge >= 0.3 is 0 Å². The molecular weight excluding hydrogens is 238 g/mol. The molecule has 0 aliphatic heterocycles. The lowest BCUT2D eigenvalue weighted by atomic mass is 10.1. The number of benzene rings is 1. The molecular formula is C15H15N3O. The first kappa shape index (κ1) is 13.1. The van der Waals surface area contributed by atoms with Crippen molar-refractivity contribution in [3.05, 3.63) is 59.4 Å². The quantitative estimate of drug-likeness (QED) is 0.906. The molecule has 0 unspecified atom stereocenters. The second kappa shape index (κ2) is 5.98. The van der Waals surface area contributed by atoms with Crippen LogP contribution in [0.2, 0.25) is 0 Å². The van der Waals surface area contributed by atoms with Crippen LogP contribution in [0.15, 0.2) is 42.7 Å². The molecule has 0 fully saturated rings. The second-order valence-corrected chi connectivity index (χ2v) is 4.33. The fourth-order valence-corrected chi connectivity index (χ4v) is 1.95. The van der Waals surface area contributed by atoms with Crippen LogP contribution >= 0.6 is 0 Å². The fraction of sp³-hybridized carbons (Fsp3) is 0.200. The molecule has 0 aliphatic carbocycles. The van der Waals surface area contributed by atoms with E-state index in [1.807, 2.05) is 36.2 Å². The van der Waals surface area contributed by atoms with E-state index in [0.717, 1.165) is 16.8 Å². The lowest BCUT2D eigenvalue weighted by Gasteiger charge is -2.21. The lowest BCUT2D eigenvalue weighted by Crippen LogP contribution is -2.17. The summed E-state index contributed by atoms with van der Waals surface area (Å²) >= 11 is 0. The van der Waals surface area contributed by atoms with Gasteiger partial charge in [0.1, 0.15) is 6.07 Å². The molecule has 96 valence electrons. The van der Waals surface area contributed by atoms with Gasteiger partial charge in [0.05, 0.1) is 17.9 Å². The molecule has 0 aliphatic rings. The number of aromatic nitrogens is 1. The molecule has 0 saturated carbocycles. The number of hydrogen-bond acceptors (Lipinski definition) is 4. The van der Waals surface area contributed by atoms with E-state index in [-0.39, 0.29) is 6.61 Å². The third-order valence-corrected chi connectivity index (χ3v) is 2.94. The van der Waals surface area contributed by atoms with Gasteiger partial charge in [-0.05, 0) is 35.4 Å². The third-order valence-electron chi connectivity index (χ3n) is 2.94. The van der Waals surface area contributed by atoms with E-state index in [4.69, 9.17) is 5.11 Å². The largest absolute Gasteiger partial charge is 0.392 e. The van der Waals surface area contributed by atoms with E-state index in [0.29, 0.717) is 12.1 Å². The maximum atomic E-state index is 9.19. The van der Waals surface area contributed by atoms with E-state index < -0.39 is 0 Å². The van der Waals surface area contributed by atoms with Crippen molar-refractivity contribution in [2.45, 2.75) is 13.2 Å². The highest BCUT2D eigenvalue weighted by atomic mass is 16.3. The summed E-state index contributed by atoms with van der Waals surface area (Å²) < 4.78 is 0. The van der Waals surface area contributed by atoms with Crippen molar-refractivity contribution >= 4 is 5.69 Å². The smallest absolute Gasteiger partial charge is 0.101 e. The van der Waals surface area contributed by atoms with Crippen LogP contribution < -0.4 is 4.90 Å². The highest BCUT2D eigenvalue weighted by Crippen LogP contribution is 2.22. The maximum absolute atomic E-state index is 9.19. The molecule has 4 nitrogen and oxygen atoms in total. The Morgan fingerprint density at radius 3 is 2.58 bits per heavy atom. The molecule has 1 aromatic heterocycles. The number of rotatable bonds is 4. The Kier molecular flexibility index (Phi) is 4.11. The van der Waals surface area contributed by atoms with Crippen LogP contribution in [0.3, 0.4) is 0 Å². The van der Waals surface area contributed by atoms with Crippen LogP contribution in [0.1, 0.15) is 16.7 Å². The average Bonchev–Trinajstić information content (AvgIpc) is 2.47. The van der Waals surface area contributed by atoms with Gasteiger partial charge in [0.2, 0.25) is 0 Å². The van der Waals surface area contributed by atoms with Gasteiger partial charge in [-0.3, -0.25) is 4.98 Å². The van der Waals surface area contributed by atoms with Crippen molar-refractivity contribution < 1.29 is 5.11 Å². The van der Waals surface area contributed by atoms with Gasteiger partial charge < -0.3 is 10.0 Å². The van der Waals surface area contributed by atoms with E-state index >= 15 is 0 Å². The third kappa shape index (κ3) is 3.09. The van der Waals surface area contributed by atoms with E-state index in [9.17, 15) is 5.26 Å². The van der Waals surface area contributed by atoms with Gasteiger partial charge in [0, 0.05) is 26.0 Å². The predicted molar refractivity (Wildman–Crippen MR) is 73.4 cm³/mol. The first-order chi connectivity index (χ1) is 9.24. The number of aliphatic hydroxyl groups is 1. The minimum atomic E-state index is -0.0526. The monoisotopic (exact) mass is 253 g/mol. The number of pyridine rings is 1. The highest BCUT2D eigenvalue weighted by Gasteiger charge is 2.08. The summed E-state index contributed by atoms with van der Waals surface area (Å²) in [6.45, 7) is 0.651. The molecule has 19 heavy (non-hydrogen) atoms. The van der Waals surface area contributed by atoms with E-state index in [2.05, 4.69) is 11.1 Å². The van der Waals surface area contributed by atoms with Crippen molar-refractivity contribution in [2.75, 3.05) is 11.9 Å². The Morgan fingerprint density at radius 2 is 1.95 bits per heavy atom. The normalized spacial score (nSPS) is 9.95. The first-order valence-electron chi connectivity index (χ1n) is 5.98. The predicted octanol–water partition coefficient (Wildman–Crippen LogP) is 2.08. The number of hydrogen-bond donors (Lipinski definition) is 1. The summed E-state index contributed by atoms with van der Waals surface area (Å²) in [5.74, 6) is 0. The van der Waals surface area contributed by atoms with Gasteiger partial charge in [-0.1, -0.05) is 6.07 Å². The van der Waals surface area contributed by atoms with Gasteiger partial charge in [-0.15, -0.1) is 0 Å². The Morgan fingerprint density at radius 1 is 1.21 bits per heavy atom. The van der Waals surface area contributed by atoms with Gasteiger partial charge in [0.25, 0.3) is 0 Å². The highest BCUT2D eigenvalue weighted by molar-refractivity contribution is 5.60. The van der Waals surface area contributed by atoms with Crippen LogP contribution in [0.5, 0.6) is 0 Å². The summed E-state index contributed by atoms with van der Waals surface area (Å²) in [7, 11) is 1.94. The summed E-state index contributed by atoms with van der Waals surface area (Å²) in [5, 5.41) is 18.3. The van der Waals surface area contributed by atoms with Crippen molar-refractivity contribution in [3.8, 4) is 6.07 Å². The number of aliphatic hydroxyl groups excluding tert-OH is 1.